The van der Waals surface area contributed by atoms with Crippen LogP contribution in [0.5, 0.6) is 11.6 Å². The van der Waals surface area contributed by atoms with Crippen molar-refractivity contribution in [3.8, 4) is 11.6 Å². The average molecular weight is 245 g/mol. The molecule has 94 valence electrons. The Kier molecular flexibility index (Phi) is 2.93. The number of hydrogen-bond donors (Lipinski definition) is 1. The van der Waals surface area contributed by atoms with Crippen LogP contribution in [-0.2, 0) is 13.6 Å². The Labute approximate surface area is 105 Å². The van der Waals surface area contributed by atoms with Crippen LogP contribution >= 0.6 is 0 Å². The molecule has 0 atom stereocenters. The van der Waals surface area contributed by atoms with Crippen LogP contribution in [0.1, 0.15) is 18.4 Å². The lowest BCUT2D eigenvalue weighted by molar-refractivity contribution is 0.450. The minimum Gasteiger partial charge on any atom is -0.435 e. The summed E-state index contributed by atoms with van der Waals surface area (Å²) in [6, 6.07) is 0.649. The smallest absolute Gasteiger partial charge is 0.226 e. The SMILES string of the molecule is Cn1cc(Oc2ncncc2CNC2CC2)cn1. The molecule has 2 aromatic heterocycles. The van der Waals surface area contributed by atoms with E-state index in [0.29, 0.717) is 17.7 Å². The molecule has 0 aliphatic heterocycles. The number of nitrogens with one attached hydrogen (secondary N) is 1. The van der Waals surface area contributed by atoms with Gasteiger partial charge < -0.3 is 10.1 Å². The second-order valence-electron chi connectivity index (χ2n) is 4.46. The normalized spacial score (nSPS) is 14.7. The highest BCUT2D eigenvalue weighted by molar-refractivity contribution is 5.28. The van der Waals surface area contributed by atoms with Crippen LogP contribution in [0.25, 0.3) is 0 Å². The van der Waals surface area contributed by atoms with E-state index in [1.165, 1.54) is 19.2 Å². The summed E-state index contributed by atoms with van der Waals surface area (Å²) in [5.74, 6) is 1.27. The summed E-state index contributed by atoms with van der Waals surface area (Å²) in [7, 11) is 1.85. The lowest BCUT2D eigenvalue weighted by Gasteiger charge is -2.08. The number of hydrogen-bond acceptors (Lipinski definition) is 5. The number of aromatic nitrogens is 4. The van der Waals surface area contributed by atoms with Gasteiger partial charge in [-0.3, -0.25) is 4.68 Å². The van der Waals surface area contributed by atoms with E-state index in [2.05, 4.69) is 20.4 Å². The maximum atomic E-state index is 5.71. The largest absolute Gasteiger partial charge is 0.435 e. The van der Waals surface area contributed by atoms with Gasteiger partial charge in [0.1, 0.15) is 6.33 Å². The lowest BCUT2D eigenvalue weighted by atomic mass is 10.3. The molecule has 6 heteroatoms. The van der Waals surface area contributed by atoms with E-state index in [0.717, 1.165) is 12.1 Å². The molecule has 0 unspecified atom stereocenters. The third kappa shape index (κ3) is 2.65. The van der Waals surface area contributed by atoms with E-state index in [1.807, 2.05) is 7.05 Å². The second kappa shape index (κ2) is 4.73. The molecule has 6 nitrogen and oxygen atoms in total. The van der Waals surface area contributed by atoms with Crippen LogP contribution < -0.4 is 10.1 Å². The zero-order valence-corrected chi connectivity index (χ0v) is 10.2. The molecule has 3 rings (SSSR count). The fourth-order valence-corrected chi connectivity index (χ4v) is 1.67. The maximum absolute atomic E-state index is 5.71. The topological polar surface area (TPSA) is 64.9 Å². The Morgan fingerprint density at radius 1 is 1.44 bits per heavy atom. The molecule has 0 bridgehead atoms. The third-order valence-corrected chi connectivity index (χ3v) is 2.80. The molecule has 1 aliphatic carbocycles. The summed E-state index contributed by atoms with van der Waals surface area (Å²) >= 11 is 0. The first-order valence-corrected chi connectivity index (χ1v) is 6.00. The Morgan fingerprint density at radius 2 is 2.33 bits per heavy atom. The zero-order chi connectivity index (χ0) is 12.4. The van der Waals surface area contributed by atoms with Gasteiger partial charge in [0.05, 0.1) is 12.4 Å². The predicted octanol–water partition coefficient (Wildman–Crippen LogP) is 1.25. The average Bonchev–Trinajstić information content (AvgIpc) is 3.12. The van der Waals surface area contributed by atoms with E-state index >= 15 is 0 Å². The molecule has 0 spiro atoms. The number of nitrogens with zero attached hydrogens (tertiary/aromatic N) is 4. The van der Waals surface area contributed by atoms with Crippen LogP contribution in [0.3, 0.4) is 0 Å². The van der Waals surface area contributed by atoms with Gasteiger partial charge in [-0.1, -0.05) is 0 Å². The molecule has 0 radical (unpaired) electrons. The highest BCUT2D eigenvalue weighted by atomic mass is 16.5. The van der Waals surface area contributed by atoms with Crippen molar-refractivity contribution in [2.75, 3.05) is 0 Å². The molecule has 2 aromatic rings. The third-order valence-electron chi connectivity index (χ3n) is 2.80. The summed E-state index contributed by atoms with van der Waals surface area (Å²) in [4.78, 5) is 8.21. The highest BCUT2D eigenvalue weighted by Gasteiger charge is 2.21. The first-order valence-electron chi connectivity index (χ1n) is 6.00. The fourth-order valence-electron chi connectivity index (χ4n) is 1.67. The molecule has 18 heavy (non-hydrogen) atoms. The van der Waals surface area contributed by atoms with E-state index in [-0.39, 0.29) is 0 Å². The summed E-state index contributed by atoms with van der Waals surface area (Å²) < 4.78 is 7.40. The minimum absolute atomic E-state index is 0.589. The number of rotatable bonds is 5. The van der Waals surface area contributed by atoms with Crippen molar-refractivity contribution in [2.45, 2.75) is 25.4 Å². The molecule has 1 saturated carbocycles. The maximum Gasteiger partial charge on any atom is 0.226 e. The Morgan fingerprint density at radius 3 is 3.06 bits per heavy atom. The fraction of sp³-hybridized carbons (Fsp3) is 0.417. The van der Waals surface area contributed by atoms with Crippen LogP contribution in [-0.4, -0.2) is 25.8 Å². The highest BCUT2D eigenvalue weighted by Crippen LogP contribution is 2.23. The van der Waals surface area contributed by atoms with Crippen molar-refractivity contribution < 1.29 is 4.74 Å². The Balaban J connectivity index is 1.73. The molecule has 2 heterocycles. The van der Waals surface area contributed by atoms with Crippen molar-refractivity contribution in [3.05, 3.63) is 30.5 Å². The van der Waals surface area contributed by atoms with Crippen LogP contribution in [0.15, 0.2) is 24.9 Å². The standard InChI is InChI=1S/C12H15N5O/c1-17-7-11(6-16-17)18-12-9(4-13-8-15-12)5-14-10-2-3-10/h4,6-8,10,14H,2-3,5H2,1H3. The van der Waals surface area contributed by atoms with E-state index in [4.69, 9.17) is 4.74 Å². The molecule has 0 saturated heterocycles. The van der Waals surface area contributed by atoms with Gasteiger partial charge in [-0.2, -0.15) is 5.10 Å². The van der Waals surface area contributed by atoms with E-state index in [1.54, 1.807) is 23.3 Å². The quantitative estimate of drug-likeness (QED) is 0.859. The molecule has 0 amide bonds. The van der Waals surface area contributed by atoms with E-state index in [9.17, 15) is 0 Å². The van der Waals surface area contributed by atoms with Gasteiger partial charge in [0.25, 0.3) is 0 Å². The number of ether oxygens (including phenoxy) is 1. The molecule has 0 aromatic carbocycles. The first kappa shape index (κ1) is 11.2. The van der Waals surface area contributed by atoms with Gasteiger partial charge in [0.2, 0.25) is 5.88 Å². The summed E-state index contributed by atoms with van der Waals surface area (Å²) in [6.45, 7) is 0.737. The monoisotopic (exact) mass is 245 g/mol. The Hall–Kier alpha value is -1.95. The van der Waals surface area contributed by atoms with Gasteiger partial charge in [-0.15, -0.1) is 0 Å². The molecular formula is C12H15N5O. The van der Waals surface area contributed by atoms with Crippen LogP contribution in [0.2, 0.25) is 0 Å². The summed E-state index contributed by atoms with van der Waals surface area (Å²) in [5.41, 5.74) is 0.966. The molecule has 1 fully saturated rings. The van der Waals surface area contributed by atoms with Gasteiger partial charge >= 0.3 is 0 Å². The molecule has 1 N–H and O–H groups in total. The first-order chi connectivity index (χ1) is 8.81. The summed E-state index contributed by atoms with van der Waals surface area (Å²) in [5, 5.41) is 7.48. The van der Waals surface area contributed by atoms with Crippen molar-refractivity contribution in [3.63, 3.8) is 0 Å². The van der Waals surface area contributed by atoms with Gasteiger partial charge in [0.15, 0.2) is 5.75 Å². The molecular weight excluding hydrogens is 230 g/mol. The summed E-state index contributed by atoms with van der Waals surface area (Å²) in [6.07, 6.45) is 9.26. The second-order valence-corrected chi connectivity index (χ2v) is 4.46. The van der Waals surface area contributed by atoms with Crippen molar-refractivity contribution in [2.24, 2.45) is 7.05 Å². The van der Waals surface area contributed by atoms with Crippen molar-refractivity contribution >= 4 is 0 Å². The predicted molar refractivity (Wildman–Crippen MR) is 65.2 cm³/mol. The van der Waals surface area contributed by atoms with Crippen molar-refractivity contribution in [1.82, 2.24) is 25.1 Å². The minimum atomic E-state index is 0.589. The lowest BCUT2D eigenvalue weighted by Crippen LogP contribution is -2.16. The Bertz CT molecular complexity index is 535. The van der Waals surface area contributed by atoms with Gasteiger partial charge in [0, 0.05) is 31.4 Å². The number of aryl methyl sites for hydroxylation is 1. The van der Waals surface area contributed by atoms with Gasteiger partial charge in [-0.05, 0) is 12.8 Å². The van der Waals surface area contributed by atoms with Crippen LogP contribution in [0, 0.1) is 0 Å². The van der Waals surface area contributed by atoms with Gasteiger partial charge in [-0.25, -0.2) is 9.97 Å². The van der Waals surface area contributed by atoms with Crippen molar-refractivity contribution in [1.29, 1.82) is 0 Å². The zero-order valence-electron chi connectivity index (χ0n) is 10.2. The van der Waals surface area contributed by atoms with Crippen LogP contribution in [0.4, 0.5) is 0 Å². The molecule has 1 aliphatic rings. The van der Waals surface area contributed by atoms with E-state index < -0.39 is 0 Å².